The van der Waals surface area contributed by atoms with E-state index in [0.717, 1.165) is 49.4 Å². The Labute approximate surface area is 123 Å². The molecule has 1 fully saturated rings. The van der Waals surface area contributed by atoms with Gasteiger partial charge in [-0.1, -0.05) is 22.9 Å². The molecule has 19 heavy (non-hydrogen) atoms. The van der Waals surface area contributed by atoms with E-state index in [9.17, 15) is 0 Å². The topological polar surface area (TPSA) is 38.5 Å². The maximum absolute atomic E-state index is 5.88. The third kappa shape index (κ3) is 2.67. The first-order valence-electron chi connectivity index (χ1n) is 6.96. The van der Waals surface area contributed by atoms with Crippen molar-refractivity contribution >= 4 is 15.9 Å². The molecule has 2 aliphatic heterocycles. The molecule has 0 saturated carbocycles. The van der Waals surface area contributed by atoms with Gasteiger partial charge in [-0.2, -0.15) is 0 Å². The second-order valence-electron chi connectivity index (χ2n) is 6.13. The van der Waals surface area contributed by atoms with Gasteiger partial charge in [0.2, 0.25) is 0 Å². The molecule has 104 valence electrons. The summed E-state index contributed by atoms with van der Waals surface area (Å²) < 4.78 is 6.96. The van der Waals surface area contributed by atoms with Crippen LogP contribution in [0.25, 0.3) is 0 Å². The van der Waals surface area contributed by atoms with Crippen LogP contribution in [0.4, 0.5) is 0 Å². The fourth-order valence-electron chi connectivity index (χ4n) is 3.13. The summed E-state index contributed by atoms with van der Waals surface area (Å²) in [5.74, 6) is 1.12. The molecule has 1 aromatic carbocycles. The third-order valence-electron chi connectivity index (χ3n) is 4.35. The summed E-state index contributed by atoms with van der Waals surface area (Å²) in [6.07, 6.45) is 2.23. The molecular formula is C15H21BrN2O. The van der Waals surface area contributed by atoms with Crippen LogP contribution in [0.15, 0.2) is 16.6 Å². The number of benzene rings is 1. The van der Waals surface area contributed by atoms with E-state index in [1.54, 1.807) is 0 Å². The van der Waals surface area contributed by atoms with Crippen molar-refractivity contribution in [3.8, 4) is 5.75 Å². The number of likely N-dealkylation sites (tertiary alicyclic amines) is 1. The minimum absolute atomic E-state index is 0.288. The van der Waals surface area contributed by atoms with E-state index >= 15 is 0 Å². The lowest BCUT2D eigenvalue weighted by Crippen LogP contribution is -2.31. The van der Waals surface area contributed by atoms with Crippen LogP contribution in [0.5, 0.6) is 5.75 Å². The van der Waals surface area contributed by atoms with E-state index in [1.807, 2.05) is 0 Å². The van der Waals surface area contributed by atoms with Crippen molar-refractivity contribution in [2.75, 3.05) is 26.2 Å². The van der Waals surface area contributed by atoms with Crippen molar-refractivity contribution < 1.29 is 4.74 Å². The van der Waals surface area contributed by atoms with Crippen molar-refractivity contribution in [1.82, 2.24) is 4.90 Å². The van der Waals surface area contributed by atoms with Crippen LogP contribution in [0.1, 0.15) is 24.5 Å². The zero-order valence-electron chi connectivity index (χ0n) is 11.4. The first-order valence-corrected chi connectivity index (χ1v) is 7.75. The highest BCUT2D eigenvalue weighted by molar-refractivity contribution is 9.10. The Morgan fingerprint density at radius 2 is 2.32 bits per heavy atom. The molecule has 1 saturated heterocycles. The predicted octanol–water partition coefficient (Wildman–Crippen LogP) is 2.55. The smallest absolute Gasteiger partial charge is 0.127 e. The van der Waals surface area contributed by atoms with Gasteiger partial charge in [0.15, 0.2) is 0 Å². The summed E-state index contributed by atoms with van der Waals surface area (Å²) in [7, 11) is 0. The summed E-state index contributed by atoms with van der Waals surface area (Å²) in [6, 6.07) is 4.38. The molecule has 2 heterocycles. The lowest BCUT2D eigenvalue weighted by atomic mass is 9.90. The molecule has 0 bridgehead atoms. The summed E-state index contributed by atoms with van der Waals surface area (Å²) in [5, 5.41) is 0. The third-order valence-corrected chi connectivity index (χ3v) is 4.81. The predicted molar refractivity (Wildman–Crippen MR) is 80.4 cm³/mol. The number of nitrogens with zero attached hydrogens (tertiary/aromatic N) is 1. The monoisotopic (exact) mass is 324 g/mol. The lowest BCUT2D eigenvalue weighted by molar-refractivity contribution is 0.269. The van der Waals surface area contributed by atoms with Crippen LogP contribution >= 0.6 is 15.9 Å². The molecule has 1 unspecified atom stereocenters. The molecule has 1 aromatic rings. The number of hydrogen-bond donors (Lipinski definition) is 1. The number of nitrogens with two attached hydrogens (primary N) is 1. The fraction of sp³-hybridized carbons (Fsp3) is 0.600. The van der Waals surface area contributed by atoms with E-state index in [4.69, 9.17) is 10.5 Å². The highest BCUT2D eigenvalue weighted by Crippen LogP contribution is 2.36. The quantitative estimate of drug-likeness (QED) is 0.928. The average molecular weight is 325 g/mol. The molecule has 3 rings (SSSR count). The van der Waals surface area contributed by atoms with Gasteiger partial charge in [0, 0.05) is 29.5 Å². The molecule has 0 radical (unpaired) electrons. The SMILES string of the molecule is CC1(CN)CCN(Cc2cc(Br)cc3c2OCC3)C1. The molecule has 4 heteroatoms. The van der Waals surface area contributed by atoms with Crippen molar-refractivity contribution in [2.45, 2.75) is 26.3 Å². The zero-order chi connectivity index (χ0) is 13.5. The fourth-order valence-corrected chi connectivity index (χ4v) is 3.68. The van der Waals surface area contributed by atoms with E-state index < -0.39 is 0 Å². The van der Waals surface area contributed by atoms with Gasteiger partial charge < -0.3 is 10.5 Å². The molecule has 1 atom stereocenters. The maximum atomic E-state index is 5.88. The summed E-state index contributed by atoms with van der Waals surface area (Å²) >= 11 is 3.61. The number of halogens is 1. The molecular weight excluding hydrogens is 304 g/mol. The van der Waals surface area contributed by atoms with Gasteiger partial charge >= 0.3 is 0 Å². The van der Waals surface area contributed by atoms with E-state index in [-0.39, 0.29) is 5.41 Å². The Kier molecular flexibility index (Phi) is 3.58. The average Bonchev–Trinajstić information content (AvgIpc) is 2.97. The second kappa shape index (κ2) is 5.08. The first-order chi connectivity index (χ1) is 9.09. The Morgan fingerprint density at radius 3 is 3.05 bits per heavy atom. The van der Waals surface area contributed by atoms with E-state index in [0.29, 0.717) is 0 Å². The standard InChI is InChI=1S/C15H21BrN2O/c1-15(9-17)3-4-18(10-15)8-12-7-13(16)6-11-2-5-19-14(11)12/h6-7H,2-5,8-10,17H2,1H3. The van der Waals surface area contributed by atoms with Gasteiger partial charge in [0.05, 0.1) is 6.61 Å². The molecule has 2 aliphatic rings. The van der Waals surface area contributed by atoms with Gasteiger partial charge in [-0.15, -0.1) is 0 Å². The maximum Gasteiger partial charge on any atom is 0.127 e. The molecule has 0 aliphatic carbocycles. The number of fused-ring (bicyclic) bond motifs is 1. The van der Waals surface area contributed by atoms with Crippen LogP contribution in [-0.2, 0) is 13.0 Å². The van der Waals surface area contributed by atoms with E-state index in [1.165, 1.54) is 17.5 Å². The van der Waals surface area contributed by atoms with Gasteiger partial charge in [-0.3, -0.25) is 4.90 Å². The van der Waals surface area contributed by atoms with Crippen LogP contribution < -0.4 is 10.5 Å². The van der Waals surface area contributed by atoms with Crippen LogP contribution in [0, 0.1) is 5.41 Å². The van der Waals surface area contributed by atoms with Crippen molar-refractivity contribution in [1.29, 1.82) is 0 Å². The van der Waals surface area contributed by atoms with Gasteiger partial charge in [-0.25, -0.2) is 0 Å². The Morgan fingerprint density at radius 1 is 1.47 bits per heavy atom. The molecule has 0 aromatic heterocycles. The molecule has 3 nitrogen and oxygen atoms in total. The summed E-state index contributed by atoms with van der Waals surface area (Å²) in [6.45, 7) is 7.07. The number of hydrogen-bond acceptors (Lipinski definition) is 3. The molecule has 2 N–H and O–H groups in total. The molecule has 0 spiro atoms. The van der Waals surface area contributed by atoms with Gasteiger partial charge in [-0.05, 0) is 42.6 Å². The Balaban J connectivity index is 1.78. The summed E-state index contributed by atoms with van der Waals surface area (Å²) in [4.78, 5) is 2.50. The molecule has 0 amide bonds. The highest BCUT2D eigenvalue weighted by Gasteiger charge is 2.33. The van der Waals surface area contributed by atoms with Crippen molar-refractivity contribution in [2.24, 2.45) is 11.1 Å². The van der Waals surface area contributed by atoms with Crippen LogP contribution in [0.2, 0.25) is 0 Å². The highest BCUT2D eigenvalue weighted by atomic mass is 79.9. The summed E-state index contributed by atoms with van der Waals surface area (Å²) in [5.41, 5.74) is 8.81. The van der Waals surface area contributed by atoms with Crippen molar-refractivity contribution in [3.05, 3.63) is 27.7 Å². The zero-order valence-corrected chi connectivity index (χ0v) is 13.0. The minimum Gasteiger partial charge on any atom is -0.493 e. The number of rotatable bonds is 3. The Bertz CT molecular complexity index is 491. The normalized spacial score (nSPS) is 26.5. The van der Waals surface area contributed by atoms with Crippen LogP contribution in [-0.4, -0.2) is 31.1 Å². The second-order valence-corrected chi connectivity index (χ2v) is 7.04. The minimum atomic E-state index is 0.288. The van der Waals surface area contributed by atoms with Gasteiger partial charge in [0.1, 0.15) is 5.75 Å². The van der Waals surface area contributed by atoms with Crippen LogP contribution in [0.3, 0.4) is 0 Å². The van der Waals surface area contributed by atoms with Gasteiger partial charge in [0.25, 0.3) is 0 Å². The van der Waals surface area contributed by atoms with Crippen molar-refractivity contribution in [3.63, 3.8) is 0 Å². The number of ether oxygens (including phenoxy) is 1. The largest absolute Gasteiger partial charge is 0.493 e. The lowest BCUT2D eigenvalue weighted by Gasteiger charge is -2.23. The van der Waals surface area contributed by atoms with E-state index in [2.05, 4.69) is 39.9 Å². The first kappa shape index (κ1) is 13.4. The Hall–Kier alpha value is -0.580.